The number of sulfone groups is 1. The average Bonchev–Trinajstić information content (AvgIpc) is 3.06. The van der Waals surface area contributed by atoms with E-state index in [1.807, 2.05) is 0 Å². The molecule has 1 amide bonds. The smallest absolute Gasteiger partial charge is 0.230 e. The maximum absolute atomic E-state index is 13.5. The largest absolute Gasteiger partial charge is 0.352 e. The highest BCUT2D eigenvalue weighted by Crippen LogP contribution is 2.41. The second kappa shape index (κ2) is 5.65. The van der Waals surface area contributed by atoms with Crippen LogP contribution < -0.4 is 5.32 Å². The van der Waals surface area contributed by atoms with E-state index < -0.39 is 15.3 Å². The Bertz CT molecular complexity index is 680. The predicted molar refractivity (Wildman–Crippen MR) is 81.7 cm³/mol. The topological polar surface area (TPSA) is 63.2 Å². The Balaban J connectivity index is 1.83. The minimum atomic E-state index is -3.03. The molecule has 1 aliphatic carbocycles. The lowest BCUT2D eigenvalue weighted by Crippen LogP contribution is -2.47. The van der Waals surface area contributed by atoms with Gasteiger partial charge in [0.05, 0.1) is 16.9 Å². The van der Waals surface area contributed by atoms with Gasteiger partial charge in [0, 0.05) is 6.04 Å². The van der Waals surface area contributed by atoms with Gasteiger partial charge in [-0.15, -0.1) is 0 Å². The van der Waals surface area contributed by atoms with Crippen LogP contribution in [0.25, 0.3) is 0 Å². The third-order valence-corrected chi connectivity index (χ3v) is 6.60. The van der Waals surface area contributed by atoms with Crippen molar-refractivity contribution in [3.8, 4) is 0 Å². The molecule has 1 aromatic rings. The van der Waals surface area contributed by atoms with E-state index in [0.717, 1.165) is 12.8 Å². The van der Waals surface area contributed by atoms with Crippen molar-refractivity contribution >= 4 is 15.7 Å². The molecule has 0 aromatic heterocycles. The summed E-state index contributed by atoms with van der Waals surface area (Å²) in [6.45, 7) is 0. The Hall–Kier alpha value is -1.43. The van der Waals surface area contributed by atoms with Gasteiger partial charge in [-0.3, -0.25) is 4.79 Å². The van der Waals surface area contributed by atoms with Crippen LogP contribution in [0.1, 0.15) is 37.7 Å². The molecule has 22 heavy (non-hydrogen) atoms. The van der Waals surface area contributed by atoms with Crippen LogP contribution in [0.4, 0.5) is 4.39 Å². The summed E-state index contributed by atoms with van der Waals surface area (Å²) in [4.78, 5) is 12.8. The van der Waals surface area contributed by atoms with Gasteiger partial charge in [0.15, 0.2) is 9.84 Å². The summed E-state index contributed by atoms with van der Waals surface area (Å²) in [6, 6.07) is 5.89. The fraction of sp³-hybridized carbons (Fsp3) is 0.562. The summed E-state index contributed by atoms with van der Waals surface area (Å²) in [7, 11) is -3.03. The molecule has 0 spiro atoms. The van der Waals surface area contributed by atoms with Crippen LogP contribution in [-0.4, -0.2) is 31.9 Å². The fourth-order valence-electron chi connectivity index (χ4n) is 3.64. The van der Waals surface area contributed by atoms with Gasteiger partial charge in [0.1, 0.15) is 5.82 Å². The molecule has 1 N–H and O–H groups in total. The Morgan fingerprint density at radius 1 is 1.27 bits per heavy atom. The summed E-state index contributed by atoms with van der Waals surface area (Å²) in [5.74, 6) is -0.360. The molecule has 1 unspecified atom stereocenters. The SMILES string of the molecule is O=C(NC1CCS(=O)(=O)C1)C1(c2cccc(F)c2)CCCC1. The number of nitrogens with one attached hydrogen (secondary N) is 1. The van der Waals surface area contributed by atoms with Crippen LogP contribution in [0.5, 0.6) is 0 Å². The quantitative estimate of drug-likeness (QED) is 0.924. The van der Waals surface area contributed by atoms with Crippen molar-refractivity contribution in [3.63, 3.8) is 0 Å². The van der Waals surface area contributed by atoms with Crippen LogP contribution in [-0.2, 0) is 20.0 Å². The Morgan fingerprint density at radius 2 is 2.00 bits per heavy atom. The average molecular weight is 325 g/mol. The zero-order valence-corrected chi connectivity index (χ0v) is 13.2. The van der Waals surface area contributed by atoms with Crippen molar-refractivity contribution in [1.82, 2.24) is 5.32 Å². The molecule has 120 valence electrons. The zero-order valence-electron chi connectivity index (χ0n) is 12.3. The monoisotopic (exact) mass is 325 g/mol. The highest BCUT2D eigenvalue weighted by atomic mass is 32.2. The molecule has 1 atom stereocenters. The zero-order chi connectivity index (χ0) is 15.8. The molecule has 0 bridgehead atoms. The molecular formula is C16H20FNO3S. The second-order valence-electron chi connectivity index (χ2n) is 6.37. The van der Waals surface area contributed by atoms with Crippen LogP contribution in [0, 0.1) is 5.82 Å². The molecule has 1 saturated carbocycles. The van der Waals surface area contributed by atoms with Gasteiger partial charge in [-0.25, -0.2) is 12.8 Å². The number of benzene rings is 1. The van der Waals surface area contributed by atoms with Crippen molar-refractivity contribution < 1.29 is 17.6 Å². The Morgan fingerprint density at radius 3 is 2.59 bits per heavy atom. The van der Waals surface area contributed by atoms with Crippen LogP contribution in [0.2, 0.25) is 0 Å². The highest BCUT2D eigenvalue weighted by Gasteiger charge is 2.44. The number of rotatable bonds is 3. The van der Waals surface area contributed by atoms with Gasteiger partial charge in [-0.1, -0.05) is 25.0 Å². The summed E-state index contributed by atoms with van der Waals surface area (Å²) in [5.41, 5.74) is -0.0163. The van der Waals surface area contributed by atoms with Crippen molar-refractivity contribution in [2.45, 2.75) is 43.6 Å². The first-order valence-corrected chi connectivity index (χ1v) is 9.51. The Kier molecular flexibility index (Phi) is 3.97. The Labute approximate surface area is 130 Å². The number of hydrogen-bond donors (Lipinski definition) is 1. The van der Waals surface area contributed by atoms with E-state index in [0.29, 0.717) is 24.8 Å². The van der Waals surface area contributed by atoms with Gasteiger partial charge >= 0.3 is 0 Å². The first-order chi connectivity index (χ1) is 10.4. The molecule has 1 aromatic carbocycles. The molecule has 2 fully saturated rings. The minimum Gasteiger partial charge on any atom is -0.352 e. The molecule has 4 nitrogen and oxygen atoms in total. The molecule has 1 saturated heterocycles. The number of carbonyl (C=O) groups is 1. The van der Waals surface area contributed by atoms with Crippen molar-refractivity contribution in [3.05, 3.63) is 35.6 Å². The van der Waals surface area contributed by atoms with E-state index in [-0.39, 0.29) is 29.3 Å². The first-order valence-electron chi connectivity index (χ1n) is 7.69. The maximum Gasteiger partial charge on any atom is 0.230 e. The normalized spacial score (nSPS) is 26.0. The number of halogens is 1. The van der Waals surface area contributed by atoms with Gasteiger partial charge in [0.2, 0.25) is 5.91 Å². The fourth-order valence-corrected chi connectivity index (χ4v) is 5.32. The number of carbonyl (C=O) groups excluding carboxylic acids is 1. The molecule has 2 aliphatic rings. The van der Waals surface area contributed by atoms with Crippen LogP contribution >= 0.6 is 0 Å². The third kappa shape index (κ3) is 2.89. The highest BCUT2D eigenvalue weighted by molar-refractivity contribution is 7.91. The summed E-state index contributed by atoms with van der Waals surface area (Å²) >= 11 is 0. The third-order valence-electron chi connectivity index (χ3n) is 4.84. The van der Waals surface area contributed by atoms with Crippen molar-refractivity contribution in [2.24, 2.45) is 0 Å². The lowest BCUT2D eigenvalue weighted by Gasteiger charge is -2.29. The van der Waals surface area contributed by atoms with Gasteiger partial charge < -0.3 is 5.32 Å². The van der Waals surface area contributed by atoms with Crippen molar-refractivity contribution in [2.75, 3.05) is 11.5 Å². The van der Waals surface area contributed by atoms with Gasteiger partial charge in [0.25, 0.3) is 0 Å². The number of hydrogen-bond acceptors (Lipinski definition) is 3. The second-order valence-corrected chi connectivity index (χ2v) is 8.60. The van der Waals surface area contributed by atoms with E-state index in [4.69, 9.17) is 0 Å². The van der Waals surface area contributed by atoms with Crippen LogP contribution in [0.15, 0.2) is 24.3 Å². The van der Waals surface area contributed by atoms with E-state index in [9.17, 15) is 17.6 Å². The van der Waals surface area contributed by atoms with Crippen molar-refractivity contribution in [1.29, 1.82) is 0 Å². The van der Waals surface area contributed by atoms with E-state index >= 15 is 0 Å². The molecule has 3 rings (SSSR count). The van der Waals surface area contributed by atoms with Gasteiger partial charge in [-0.05, 0) is 37.0 Å². The molecule has 1 aliphatic heterocycles. The lowest BCUT2D eigenvalue weighted by atomic mass is 9.77. The van der Waals surface area contributed by atoms with E-state index in [2.05, 4.69) is 5.32 Å². The molecule has 0 radical (unpaired) electrons. The first kappa shape index (κ1) is 15.5. The predicted octanol–water partition coefficient (Wildman–Crippen LogP) is 1.94. The molecule has 6 heteroatoms. The standard InChI is InChI=1S/C16H20FNO3S/c17-13-5-3-4-12(10-13)16(7-1-2-8-16)15(19)18-14-6-9-22(20,21)11-14/h3-5,10,14H,1-2,6-9,11H2,(H,18,19). The molecular weight excluding hydrogens is 305 g/mol. The maximum atomic E-state index is 13.5. The summed E-state index contributed by atoms with van der Waals surface area (Å²) in [5, 5.41) is 2.89. The molecule has 1 heterocycles. The number of amides is 1. The van der Waals surface area contributed by atoms with E-state index in [1.165, 1.54) is 12.1 Å². The summed E-state index contributed by atoms with van der Waals surface area (Å²) < 4.78 is 36.6. The van der Waals surface area contributed by atoms with Crippen LogP contribution in [0.3, 0.4) is 0 Å². The lowest BCUT2D eigenvalue weighted by molar-refractivity contribution is -0.127. The minimum absolute atomic E-state index is 0.0119. The van der Waals surface area contributed by atoms with Gasteiger partial charge in [-0.2, -0.15) is 0 Å². The van der Waals surface area contributed by atoms with E-state index in [1.54, 1.807) is 12.1 Å². The summed E-state index contributed by atoms with van der Waals surface area (Å²) in [6.07, 6.45) is 3.68.